The third kappa shape index (κ3) is 5.26. The fraction of sp³-hybridized carbons (Fsp3) is 0.400. The summed E-state index contributed by atoms with van der Waals surface area (Å²) in [6.45, 7) is 7.97. The van der Waals surface area contributed by atoms with Crippen molar-refractivity contribution in [3.63, 3.8) is 0 Å². The summed E-state index contributed by atoms with van der Waals surface area (Å²) >= 11 is 0. The van der Waals surface area contributed by atoms with Gasteiger partial charge >= 0.3 is 5.97 Å². The molecule has 0 saturated heterocycles. The van der Waals surface area contributed by atoms with Crippen LogP contribution in [0.4, 0.5) is 0 Å². The molecular weight excluding hydrogens is 364 g/mol. The number of hydrogen-bond donors (Lipinski definition) is 1. The molecule has 0 aromatic heterocycles. The highest BCUT2D eigenvalue weighted by Crippen LogP contribution is 2.24. The van der Waals surface area contributed by atoms with Crippen LogP contribution in [0, 0.1) is 0 Å². The normalized spacial score (nSPS) is 12.9. The number of benzene rings is 1. The predicted molar refractivity (Wildman–Crippen MR) is 101 cm³/mol. The van der Waals surface area contributed by atoms with Crippen LogP contribution in [-0.2, 0) is 14.3 Å². The first kappa shape index (κ1) is 21.3. The maximum atomic E-state index is 12.3. The average molecular weight is 388 g/mol. The third-order valence-corrected chi connectivity index (χ3v) is 3.95. The summed E-state index contributed by atoms with van der Waals surface area (Å²) in [6.07, 6.45) is 2.24. The van der Waals surface area contributed by atoms with E-state index in [-0.39, 0.29) is 29.3 Å². The van der Waals surface area contributed by atoms with Crippen molar-refractivity contribution in [1.29, 1.82) is 0 Å². The Bertz CT molecular complexity index is 787. The van der Waals surface area contributed by atoms with Crippen LogP contribution < -0.4 is 5.32 Å². The number of nitrogens with one attached hydrogen (secondary N) is 1. The average Bonchev–Trinajstić information content (AvgIpc) is 2.90. The number of fused-ring (bicyclic) bond motifs is 1. The van der Waals surface area contributed by atoms with E-state index in [9.17, 15) is 19.2 Å². The zero-order valence-corrected chi connectivity index (χ0v) is 16.0. The Labute approximate surface area is 163 Å². The van der Waals surface area contributed by atoms with Crippen molar-refractivity contribution < 1.29 is 28.7 Å². The summed E-state index contributed by atoms with van der Waals surface area (Å²) < 4.78 is 10.3. The lowest BCUT2D eigenvalue weighted by molar-refractivity contribution is -0.124. The standard InChI is InChI=1S/C20H24N2O6/c1-4-9-22-18(24)15-7-6-14(11-16(15)19(22)25)20(26)28-12-17(23)21-8-5-10-27-13(2)3/h4,6-7,11,13H,1,5,8-10,12H2,2-3H3,(H,21,23). The summed E-state index contributed by atoms with van der Waals surface area (Å²) in [5, 5.41) is 2.63. The second-order valence-electron chi connectivity index (χ2n) is 6.47. The van der Waals surface area contributed by atoms with Gasteiger partial charge in [-0.1, -0.05) is 6.08 Å². The number of carbonyl (C=O) groups is 4. The van der Waals surface area contributed by atoms with E-state index in [2.05, 4.69) is 11.9 Å². The molecule has 0 aliphatic carbocycles. The number of ether oxygens (including phenoxy) is 2. The number of nitrogens with zero attached hydrogens (tertiary/aromatic N) is 1. The van der Waals surface area contributed by atoms with E-state index in [1.165, 1.54) is 24.3 Å². The van der Waals surface area contributed by atoms with Crippen LogP contribution in [0.2, 0.25) is 0 Å². The Morgan fingerprint density at radius 3 is 2.61 bits per heavy atom. The van der Waals surface area contributed by atoms with Crippen molar-refractivity contribution in [2.75, 3.05) is 26.3 Å². The van der Waals surface area contributed by atoms with Crippen molar-refractivity contribution in [2.45, 2.75) is 26.4 Å². The third-order valence-electron chi connectivity index (χ3n) is 3.95. The smallest absolute Gasteiger partial charge is 0.338 e. The molecule has 1 aliphatic rings. The maximum absolute atomic E-state index is 12.3. The molecule has 0 unspecified atom stereocenters. The lowest BCUT2D eigenvalue weighted by atomic mass is 10.1. The van der Waals surface area contributed by atoms with Crippen molar-refractivity contribution >= 4 is 23.7 Å². The lowest BCUT2D eigenvalue weighted by Crippen LogP contribution is -2.30. The fourth-order valence-electron chi connectivity index (χ4n) is 2.60. The number of esters is 1. The molecule has 8 heteroatoms. The zero-order chi connectivity index (χ0) is 20.7. The summed E-state index contributed by atoms with van der Waals surface area (Å²) in [6, 6.07) is 4.11. The quantitative estimate of drug-likeness (QED) is 0.282. The van der Waals surface area contributed by atoms with Crippen LogP contribution in [0.1, 0.15) is 51.3 Å². The fourth-order valence-corrected chi connectivity index (χ4v) is 2.60. The van der Waals surface area contributed by atoms with Crippen molar-refractivity contribution in [3.05, 3.63) is 47.5 Å². The highest BCUT2D eigenvalue weighted by atomic mass is 16.5. The molecule has 0 atom stereocenters. The van der Waals surface area contributed by atoms with E-state index in [1.807, 2.05) is 13.8 Å². The molecule has 28 heavy (non-hydrogen) atoms. The van der Waals surface area contributed by atoms with Gasteiger partial charge in [-0.15, -0.1) is 6.58 Å². The summed E-state index contributed by atoms with van der Waals surface area (Å²) in [5.74, 6) is -2.09. The molecule has 1 aromatic carbocycles. The minimum atomic E-state index is -0.747. The van der Waals surface area contributed by atoms with Crippen LogP contribution in [0.3, 0.4) is 0 Å². The molecule has 0 saturated carbocycles. The van der Waals surface area contributed by atoms with Gasteiger partial charge in [0.2, 0.25) is 0 Å². The summed E-state index contributed by atoms with van der Waals surface area (Å²) in [7, 11) is 0. The number of imide groups is 1. The van der Waals surface area contributed by atoms with Gasteiger partial charge in [0.15, 0.2) is 6.61 Å². The molecule has 1 N–H and O–H groups in total. The van der Waals surface area contributed by atoms with Gasteiger partial charge in [-0.3, -0.25) is 19.3 Å². The van der Waals surface area contributed by atoms with Gasteiger partial charge in [0.25, 0.3) is 17.7 Å². The molecule has 1 heterocycles. The number of rotatable bonds is 10. The highest BCUT2D eigenvalue weighted by Gasteiger charge is 2.35. The van der Waals surface area contributed by atoms with Crippen molar-refractivity contribution in [3.8, 4) is 0 Å². The van der Waals surface area contributed by atoms with Gasteiger partial charge in [-0.2, -0.15) is 0 Å². The lowest BCUT2D eigenvalue weighted by Gasteiger charge is -2.09. The van der Waals surface area contributed by atoms with E-state index < -0.39 is 30.3 Å². The topological polar surface area (TPSA) is 102 Å². The van der Waals surface area contributed by atoms with E-state index in [4.69, 9.17) is 9.47 Å². The highest BCUT2D eigenvalue weighted by molar-refractivity contribution is 6.22. The number of amides is 3. The summed E-state index contributed by atoms with van der Waals surface area (Å²) in [4.78, 5) is 49.4. The Morgan fingerprint density at radius 2 is 1.93 bits per heavy atom. The van der Waals surface area contributed by atoms with Gasteiger partial charge in [0.05, 0.1) is 22.8 Å². The van der Waals surface area contributed by atoms with E-state index in [0.717, 1.165) is 4.90 Å². The van der Waals surface area contributed by atoms with Crippen LogP contribution in [0.15, 0.2) is 30.9 Å². The minimum Gasteiger partial charge on any atom is -0.452 e. The van der Waals surface area contributed by atoms with E-state index in [1.54, 1.807) is 0 Å². The molecule has 0 spiro atoms. The van der Waals surface area contributed by atoms with Crippen LogP contribution >= 0.6 is 0 Å². The van der Waals surface area contributed by atoms with Crippen LogP contribution in [0.5, 0.6) is 0 Å². The van der Waals surface area contributed by atoms with Crippen LogP contribution in [0.25, 0.3) is 0 Å². The zero-order valence-electron chi connectivity index (χ0n) is 16.0. The van der Waals surface area contributed by atoms with Crippen molar-refractivity contribution in [2.24, 2.45) is 0 Å². The monoisotopic (exact) mass is 388 g/mol. The number of hydrogen-bond acceptors (Lipinski definition) is 6. The summed E-state index contributed by atoms with van der Waals surface area (Å²) in [5.41, 5.74) is 0.458. The predicted octanol–water partition coefficient (Wildman–Crippen LogP) is 1.56. The van der Waals surface area contributed by atoms with Gasteiger partial charge in [0, 0.05) is 19.7 Å². The van der Waals surface area contributed by atoms with Gasteiger partial charge in [-0.05, 0) is 38.5 Å². The molecular formula is C20H24N2O6. The Kier molecular flexibility index (Phi) is 7.45. The Morgan fingerprint density at radius 1 is 1.21 bits per heavy atom. The Hall–Kier alpha value is -3.00. The number of carbonyl (C=O) groups excluding carboxylic acids is 4. The van der Waals surface area contributed by atoms with Gasteiger partial charge in [-0.25, -0.2) is 4.79 Å². The molecule has 3 amide bonds. The second kappa shape index (κ2) is 9.80. The second-order valence-corrected chi connectivity index (χ2v) is 6.47. The van der Waals surface area contributed by atoms with Crippen LogP contribution in [-0.4, -0.2) is 61.0 Å². The molecule has 2 rings (SSSR count). The first-order valence-corrected chi connectivity index (χ1v) is 9.01. The largest absolute Gasteiger partial charge is 0.452 e. The minimum absolute atomic E-state index is 0.0918. The van der Waals surface area contributed by atoms with Gasteiger partial charge in [0.1, 0.15) is 0 Å². The maximum Gasteiger partial charge on any atom is 0.338 e. The van der Waals surface area contributed by atoms with Crippen molar-refractivity contribution in [1.82, 2.24) is 10.2 Å². The molecule has 1 aromatic rings. The molecule has 0 fully saturated rings. The van der Waals surface area contributed by atoms with E-state index in [0.29, 0.717) is 19.6 Å². The first-order chi connectivity index (χ1) is 13.3. The molecule has 0 bridgehead atoms. The Balaban J connectivity index is 1.86. The molecule has 150 valence electrons. The SMILES string of the molecule is C=CCN1C(=O)c2ccc(C(=O)OCC(=O)NCCCOC(C)C)cc2C1=O. The first-order valence-electron chi connectivity index (χ1n) is 9.01. The molecule has 0 radical (unpaired) electrons. The molecule has 1 aliphatic heterocycles. The van der Waals surface area contributed by atoms with Gasteiger partial charge < -0.3 is 14.8 Å². The van der Waals surface area contributed by atoms with E-state index >= 15 is 0 Å². The molecule has 8 nitrogen and oxygen atoms in total.